The zero-order chi connectivity index (χ0) is 33.0. The highest BCUT2D eigenvalue weighted by atomic mass is 16.5. The molecule has 1 heterocycles. The van der Waals surface area contributed by atoms with Crippen molar-refractivity contribution in [3.05, 3.63) is 221 Å². The number of anilines is 2. The molecule has 0 saturated heterocycles. The maximum atomic E-state index is 6.97. The molecule has 2 nitrogen and oxygen atoms in total. The Kier molecular flexibility index (Phi) is 10.7. The van der Waals surface area contributed by atoms with Crippen LogP contribution >= 0.6 is 0 Å². The minimum atomic E-state index is -0.385. The lowest BCUT2D eigenvalue weighted by atomic mass is 9.62. The van der Waals surface area contributed by atoms with E-state index in [9.17, 15) is 0 Å². The Morgan fingerprint density at radius 2 is 1.62 bits per heavy atom. The molecule has 0 radical (unpaired) electrons. The summed E-state index contributed by atoms with van der Waals surface area (Å²) in [4.78, 5) is 2.15. The SMILES string of the molecule is C/C=C\C=C/CC1(C2=CCC=CC=C2)C2=C(C=CCC=C2)OC2=C1CC=CC=C2/C(C)=C/C=C=CN(c1ccccc1)c1ccccc1. The monoisotopic (exact) mass is 625 g/mol. The Morgan fingerprint density at radius 3 is 2.40 bits per heavy atom. The van der Waals surface area contributed by atoms with Crippen molar-refractivity contribution in [2.24, 2.45) is 5.41 Å². The van der Waals surface area contributed by atoms with Gasteiger partial charge in [-0.2, -0.15) is 0 Å². The van der Waals surface area contributed by atoms with E-state index in [4.69, 9.17) is 4.74 Å². The second-order valence-electron chi connectivity index (χ2n) is 12.0. The van der Waals surface area contributed by atoms with Gasteiger partial charge in [0.25, 0.3) is 0 Å². The molecule has 1 aliphatic heterocycles. The molecule has 0 N–H and O–H groups in total. The van der Waals surface area contributed by atoms with Crippen molar-refractivity contribution in [1.82, 2.24) is 0 Å². The molecule has 2 aromatic rings. The molecule has 0 fully saturated rings. The molecule has 0 aromatic heterocycles. The van der Waals surface area contributed by atoms with E-state index >= 15 is 0 Å². The van der Waals surface area contributed by atoms with E-state index in [1.165, 1.54) is 16.7 Å². The Labute approximate surface area is 286 Å². The fourth-order valence-corrected chi connectivity index (χ4v) is 6.67. The second-order valence-corrected chi connectivity index (χ2v) is 12.0. The van der Waals surface area contributed by atoms with Gasteiger partial charge in [0.15, 0.2) is 0 Å². The van der Waals surface area contributed by atoms with Crippen LogP contribution in [0.4, 0.5) is 11.4 Å². The molecule has 3 aliphatic carbocycles. The first kappa shape index (κ1) is 32.4. The standard InChI is InChI=1S/C46H43NO/c1-3-4-5-22-35-46(38-25-11-6-7-12-26-38)42-32-17-10-18-34-44(42)48-45-41(31-19-20-33-43(45)46)37(2)24-21-23-36-47(39-27-13-8-14-28-39)40-29-15-9-16-30-40/h3-9,11,13-22,24-32,34,36H,10,12,33,35H2,1-2H3/b4-3-,22-5-,37-24+. The van der Waals surface area contributed by atoms with Crippen LogP contribution in [0, 0.1) is 5.41 Å². The minimum absolute atomic E-state index is 0.385. The van der Waals surface area contributed by atoms with Crippen LogP contribution in [0.15, 0.2) is 221 Å². The highest BCUT2D eigenvalue weighted by Crippen LogP contribution is 2.56. The van der Waals surface area contributed by atoms with Crippen LogP contribution in [0.2, 0.25) is 0 Å². The summed E-state index contributed by atoms with van der Waals surface area (Å²) in [6.07, 6.45) is 45.1. The first-order chi connectivity index (χ1) is 23.7. The van der Waals surface area contributed by atoms with Crippen LogP contribution in [0.5, 0.6) is 0 Å². The van der Waals surface area contributed by atoms with Crippen LogP contribution < -0.4 is 4.90 Å². The Hall–Kier alpha value is -5.56. The summed E-state index contributed by atoms with van der Waals surface area (Å²) in [5.74, 6) is 1.87. The lowest BCUT2D eigenvalue weighted by Crippen LogP contribution is -2.33. The average Bonchev–Trinajstić information content (AvgIpc) is 3.63. The zero-order valence-electron chi connectivity index (χ0n) is 27.9. The van der Waals surface area contributed by atoms with Crippen LogP contribution in [0.3, 0.4) is 0 Å². The minimum Gasteiger partial charge on any atom is -0.456 e. The molecule has 0 amide bonds. The number of hydrogen-bond donors (Lipinski definition) is 0. The third-order valence-corrected chi connectivity index (χ3v) is 9.00. The summed E-state index contributed by atoms with van der Waals surface area (Å²) >= 11 is 0. The van der Waals surface area contributed by atoms with E-state index in [2.05, 4.69) is 176 Å². The lowest BCUT2D eigenvalue weighted by molar-refractivity contribution is 0.279. The Morgan fingerprint density at radius 1 is 0.854 bits per heavy atom. The molecule has 238 valence electrons. The normalized spacial score (nSPS) is 20.3. The maximum absolute atomic E-state index is 6.97. The highest BCUT2D eigenvalue weighted by molar-refractivity contribution is 5.66. The molecule has 0 bridgehead atoms. The van der Waals surface area contributed by atoms with Crippen molar-refractivity contribution in [3.8, 4) is 0 Å². The van der Waals surface area contributed by atoms with E-state index in [1.807, 2.05) is 24.4 Å². The Bertz CT molecular complexity index is 1880. The molecular weight excluding hydrogens is 583 g/mol. The Balaban J connectivity index is 1.44. The van der Waals surface area contributed by atoms with Crippen LogP contribution in [0.25, 0.3) is 0 Å². The van der Waals surface area contributed by atoms with E-state index in [0.717, 1.165) is 59.7 Å². The molecule has 1 unspecified atom stereocenters. The van der Waals surface area contributed by atoms with E-state index < -0.39 is 0 Å². The van der Waals surface area contributed by atoms with Crippen molar-refractivity contribution in [2.75, 3.05) is 4.90 Å². The van der Waals surface area contributed by atoms with Gasteiger partial charge in [0, 0.05) is 22.5 Å². The number of hydrogen-bond acceptors (Lipinski definition) is 2. The molecule has 0 spiro atoms. The number of rotatable bonds is 9. The fourth-order valence-electron chi connectivity index (χ4n) is 6.67. The zero-order valence-corrected chi connectivity index (χ0v) is 27.9. The van der Waals surface area contributed by atoms with Crippen molar-refractivity contribution in [1.29, 1.82) is 0 Å². The van der Waals surface area contributed by atoms with Gasteiger partial charge in [-0.05, 0) is 92.7 Å². The highest BCUT2D eigenvalue weighted by Gasteiger charge is 2.46. The van der Waals surface area contributed by atoms with Crippen LogP contribution in [-0.2, 0) is 4.74 Å². The van der Waals surface area contributed by atoms with Gasteiger partial charge in [-0.1, -0.05) is 134 Å². The predicted octanol–water partition coefficient (Wildman–Crippen LogP) is 12.3. The van der Waals surface area contributed by atoms with Crippen molar-refractivity contribution in [3.63, 3.8) is 0 Å². The molecule has 0 saturated carbocycles. The van der Waals surface area contributed by atoms with Crippen LogP contribution in [-0.4, -0.2) is 0 Å². The predicted molar refractivity (Wildman–Crippen MR) is 203 cm³/mol. The van der Waals surface area contributed by atoms with E-state index in [0.29, 0.717) is 0 Å². The summed E-state index contributed by atoms with van der Waals surface area (Å²) in [5, 5.41) is 0. The number of nitrogens with zero attached hydrogens (tertiary/aromatic N) is 1. The third kappa shape index (κ3) is 7.05. The van der Waals surface area contributed by atoms with Gasteiger partial charge in [0.1, 0.15) is 11.5 Å². The van der Waals surface area contributed by atoms with Crippen molar-refractivity contribution < 1.29 is 4.74 Å². The topological polar surface area (TPSA) is 12.5 Å². The smallest absolute Gasteiger partial charge is 0.135 e. The van der Waals surface area contributed by atoms with E-state index in [1.54, 1.807) is 0 Å². The molecule has 2 aromatic carbocycles. The summed E-state index contributed by atoms with van der Waals surface area (Å²) in [6.45, 7) is 4.22. The van der Waals surface area contributed by atoms with Gasteiger partial charge in [-0.3, -0.25) is 0 Å². The van der Waals surface area contributed by atoms with Gasteiger partial charge < -0.3 is 9.64 Å². The van der Waals surface area contributed by atoms with Gasteiger partial charge in [0.05, 0.1) is 11.6 Å². The largest absolute Gasteiger partial charge is 0.456 e. The number of allylic oxidation sites excluding steroid dienone is 22. The summed E-state index contributed by atoms with van der Waals surface area (Å²) in [5.41, 5.74) is 11.2. The summed E-state index contributed by atoms with van der Waals surface area (Å²) < 4.78 is 6.97. The number of benzene rings is 2. The quantitative estimate of drug-likeness (QED) is 0.203. The molecular formula is C46H43NO. The molecule has 4 aliphatic rings. The summed E-state index contributed by atoms with van der Waals surface area (Å²) in [7, 11) is 0. The van der Waals surface area contributed by atoms with E-state index in [-0.39, 0.29) is 5.41 Å². The molecule has 1 atom stereocenters. The van der Waals surface area contributed by atoms with Crippen molar-refractivity contribution >= 4 is 11.4 Å². The number of para-hydroxylation sites is 2. The molecule has 6 rings (SSSR count). The first-order valence-corrected chi connectivity index (χ1v) is 16.9. The van der Waals surface area contributed by atoms with Gasteiger partial charge >= 0.3 is 0 Å². The first-order valence-electron chi connectivity index (χ1n) is 16.9. The lowest BCUT2D eigenvalue weighted by Gasteiger charge is -2.43. The van der Waals surface area contributed by atoms with Gasteiger partial charge in [-0.25, -0.2) is 0 Å². The van der Waals surface area contributed by atoms with Crippen LogP contribution in [0.1, 0.15) is 39.5 Å². The van der Waals surface area contributed by atoms with Gasteiger partial charge in [-0.15, -0.1) is 5.73 Å². The summed E-state index contributed by atoms with van der Waals surface area (Å²) in [6, 6.07) is 20.7. The number of ether oxygens (including phenoxy) is 1. The molecule has 2 heteroatoms. The average molecular weight is 626 g/mol. The third-order valence-electron chi connectivity index (χ3n) is 9.00. The van der Waals surface area contributed by atoms with Gasteiger partial charge in [0.2, 0.25) is 0 Å². The maximum Gasteiger partial charge on any atom is 0.135 e. The fraction of sp³-hybridized carbons (Fsp3) is 0.152. The second kappa shape index (κ2) is 15.8. The van der Waals surface area contributed by atoms with Crippen molar-refractivity contribution in [2.45, 2.75) is 39.5 Å². The molecule has 48 heavy (non-hydrogen) atoms.